The SMILES string of the molecule is c1ccc(-c2cccc(N(c3ccc4c(c3)sc3ccc(N(c5ccccc5)c5cccc(-c6ccccc6)c5)cc34)c3ccc4sc5ccccc5c4c3)c2)cc1. The zero-order valence-corrected chi connectivity index (χ0v) is 33.1. The molecule has 0 aliphatic carbocycles. The molecule has 274 valence electrons. The normalized spacial score (nSPS) is 11.4. The fourth-order valence-electron chi connectivity index (χ4n) is 8.27. The summed E-state index contributed by atoms with van der Waals surface area (Å²) in [5.74, 6) is 0. The van der Waals surface area contributed by atoms with Crippen LogP contribution in [0.15, 0.2) is 218 Å². The molecule has 11 aromatic rings. The molecule has 0 radical (unpaired) electrons. The lowest BCUT2D eigenvalue weighted by Crippen LogP contribution is -2.10. The average molecular weight is 777 g/mol. The van der Waals surface area contributed by atoms with E-state index in [-0.39, 0.29) is 0 Å². The van der Waals surface area contributed by atoms with Gasteiger partial charge in [-0.15, -0.1) is 22.7 Å². The molecule has 0 amide bonds. The molecule has 0 saturated carbocycles. The second kappa shape index (κ2) is 14.5. The minimum Gasteiger partial charge on any atom is -0.310 e. The number of hydrogen-bond donors (Lipinski definition) is 0. The molecule has 4 heteroatoms. The highest BCUT2D eigenvalue weighted by atomic mass is 32.1. The van der Waals surface area contributed by atoms with Gasteiger partial charge in [0.1, 0.15) is 0 Å². The zero-order valence-electron chi connectivity index (χ0n) is 31.5. The summed E-state index contributed by atoms with van der Waals surface area (Å²) < 4.78 is 5.14. The molecule has 0 unspecified atom stereocenters. The lowest BCUT2D eigenvalue weighted by atomic mass is 10.0. The van der Waals surface area contributed by atoms with Gasteiger partial charge in [-0.05, 0) is 113 Å². The molecule has 0 spiro atoms. The molecule has 2 nitrogen and oxygen atoms in total. The molecule has 0 N–H and O–H groups in total. The summed E-state index contributed by atoms with van der Waals surface area (Å²) in [4.78, 5) is 4.79. The fraction of sp³-hybridized carbons (Fsp3) is 0. The molecule has 11 rings (SSSR count). The van der Waals surface area contributed by atoms with Gasteiger partial charge in [-0.3, -0.25) is 0 Å². The van der Waals surface area contributed by atoms with Crippen LogP contribution in [0, 0.1) is 0 Å². The van der Waals surface area contributed by atoms with Crippen molar-refractivity contribution in [3.05, 3.63) is 218 Å². The highest BCUT2D eigenvalue weighted by molar-refractivity contribution is 7.26. The van der Waals surface area contributed by atoms with Gasteiger partial charge >= 0.3 is 0 Å². The van der Waals surface area contributed by atoms with Gasteiger partial charge < -0.3 is 9.80 Å². The van der Waals surface area contributed by atoms with Gasteiger partial charge in [0.15, 0.2) is 0 Å². The number of anilines is 6. The predicted molar refractivity (Wildman–Crippen MR) is 252 cm³/mol. The van der Waals surface area contributed by atoms with Crippen LogP contribution in [-0.2, 0) is 0 Å². The Balaban J connectivity index is 1.05. The number of hydrogen-bond acceptors (Lipinski definition) is 4. The molecule has 9 aromatic carbocycles. The maximum Gasteiger partial charge on any atom is 0.0476 e. The Morgan fingerprint density at radius 3 is 1.22 bits per heavy atom. The Kier molecular flexibility index (Phi) is 8.58. The molecule has 0 saturated heterocycles. The average Bonchev–Trinajstić information content (AvgIpc) is 3.85. The Hall–Kier alpha value is -6.98. The van der Waals surface area contributed by atoms with Crippen molar-refractivity contribution >= 4 is 97.1 Å². The van der Waals surface area contributed by atoms with Crippen LogP contribution in [0.5, 0.6) is 0 Å². The third kappa shape index (κ3) is 6.20. The smallest absolute Gasteiger partial charge is 0.0476 e. The Bertz CT molecular complexity index is 3240. The summed E-state index contributed by atoms with van der Waals surface area (Å²) >= 11 is 3.71. The van der Waals surface area contributed by atoms with E-state index in [9.17, 15) is 0 Å². The van der Waals surface area contributed by atoms with Crippen LogP contribution in [0.4, 0.5) is 34.1 Å². The van der Waals surface area contributed by atoms with Crippen molar-refractivity contribution in [3.8, 4) is 22.3 Å². The van der Waals surface area contributed by atoms with E-state index in [4.69, 9.17) is 0 Å². The monoisotopic (exact) mass is 776 g/mol. The third-order valence-corrected chi connectivity index (χ3v) is 13.3. The molecule has 0 atom stereocenters. The second-order valence-corrected chi connectivity index (χ2v) is 16.7. The van der Waals surface area contributed by atoms with E-state index >= 15 is 0 Å². The quantitative estimate of drug-likeness (QED) is 0.152. The summed E-state index contributed by atoms with van der Waals surface area (Å²) in [6, 6.07) is 79.4. The van der Waals surface area contributed by atoms with Gasteiger partial charge in [0, 0.05) is 74.5 Å². The minimum absolute atomic E-state index is 1.12. The molecule has 2 heterocycles. The van der Waals surface area contributed by atoms with Gasteiger partial charge in [0.2, 0.25) is 0 Å². The van der Waals surface area contributed by atoms with E-state index in [1.165, 1.54) is 62.6 Å². The summed E-state index contributed by atoms with van der Waals surface area (Å²) in [5.41, 5.74) is 11.6. The highest BCUT2D eigenvalue weighted by Gasteiger charge is 2.19. The lowest BCUT2D eigenvalue weighted by molar-refractivity contribution is 1.29. The number of thiophene rings is 2. The summed E-state index contributed by atoms with van der Waals surface area (Å²) in [6.45, 7) is 0. The minimum atomic E-state index is 1.12. The van der Waals surface area contributed by atoms with Gasteiger partial charge in [-0.25, -0.2) is 0 Å². The highest BCUT2D eigenvalue weighted by Crippen LogP contribution is 2.45. The van der Waals surface area contributed by atoms with Crippen molar-refractivity contribution in [2.75, 3.05) is 9.80 Å². The van der Waals surface area contributed by atoms with Gasteiger partial charge in [0.05, 0.1) is 0 Å². The van der Waals surface area contributed by atoms with Crippen molar-refractivity contribution in [2.24, 2.45) is 0 Å². The van der Waals surface area contributed by atoms with Crippen LogP contribution in [-0.4, -0.2) is 0 Å². The number of para-hydroxylation sites is 1. The number of nitrogens with zero attached hydrogens (tertiary/aromatic N) is 2. The van der Waals surface area contributed by atoms with E-state index in [0.717, 1.165) is 34.1 Å². The van der Waals surface area contributed by atoms with E-state index < -0.39 is 0 Å². The molecule has 58 heavy (non-hydrogen) atoms. The first-order chi connectivity index (χ1) is 28.7. The molecule has 2 aromatic heterocycles. The molecular weight excluding hydrogens is 741 g/mol. The summed E-state index contributed by atoms with van der Waals surface area (Å²) in [7, 11) is 0. The maximum absolute atomic E-state index is 2.42. The van der Waals surface area contributed by atoms with Gasteiger partial charge in [-0.1, -0.05) is 127 Å². The molecule has 0 aliphatic heterocycles. The summed E-state index contributed by atoms with van der Waals surface area (Å²) in [5, 5.41) is 5.10. The van der Waals surface area contributed by atoms with Crippen LogP contribution in [0.3, 0.4) is 0 Å². The van der Waals surface area contributed by atoms with Crippen molar-refractivity contribution in [3.63, 3.8) is 0 Å². The van der Waals surface area contributed by atoms with E-state index in [2.05, 4.69) is 228 Å². The van der Waals surface area contributed by atoms with Crippen molar-refractivity contribution < 1.29 is 0 Å². The van der Waals surface area contributed by atoms with Crippen molar-refractivity contribution in [2.45, 2.75) is 0 Å². The van der Waals surface area contributed by atoms with Crippen molar-refractivity contribution in [1.29, 1.82) is 0 Å². The third-order valence-electron chi connectivity index (χ3n) is 11.0. The van der Waals surface area contributed by atoms with Crippen LogP contribution in [0.25, 0.3) is 62.6 Å². The van der Waals surface area contributed by atoms with E-state index in [0.29, 0.717) is 0 Å². The Labute approximate surface area is 345 Å². The Morgan fingerprint density at radius 2 is 0.621 bits per heavy atom. The van der Waals surface area contributed by atoms with Crippen LogP contribution < -0.4 is 9.80 Å². The topological polar surface area (TPSA) is 6.48 Å². The zero-order chi connectivity index (χ0) is 38.4. The fourth-order valence-corrected chi connectivity index (χ4v) is 10.5. The first-order valence-electron chi connectivity index (χ1n) is 19.6. The second-order valence-electron chi connectivity index (χ2n) is 14.6. The molecule has 0 aliphatic rings. The maximum atomic E-state index is 2.42. The van der Waals surface area contributed by atoms with E-state index in [1.54, 1.807) is 0 Å². The number of benzene rings is 9. The lowest BCUT2D eigenvalue weighted by Gasteiger charge is -2.26. The standard InChI is InChI=1S/C54H36N2S2/c1-4-14-37(15-5-1)39-18-12-22-42(32-39)55(41-20-8-3-9-21-41)44-27-31-53-50(34-44)48-29-26-46(36-54(48)58-53)56(43-23-13-19-40(33-43)38-16-6-2-7-17-38)45-28-30-52-49(35-45)47-24-10-11-25-51(47)57-52/h1-36H. The first kappa shape index (κ1) is 34.3. The van der Waals surface area contributed by atoms with Gasteiger partial charge in [0.25, 0.3) is 0 Å². The van der Waals surface area contributed by atoms with Crippen LogP contribution >= 0.6 is 22.7 Å². The largest absolute Gasteiger partial charge is 0.310 e. The molecule has 0 fully saturated rings. The first-order valence-corrected chi connectivity index (χ1v) is 21.2. The number of fused-ring (bicyclic) bond motifs is 6. The Morgan fingerprint density at radius 1 is 0.224 bits per heavy atom. The van der Waals surface area contributed by atoms with Crippen molar-refractivity contribution in [1.82, 2.24) is 0 Å². The van der Waals surface area contributed by atoms with Crippen LogP contribution in [0.2, 0.25) is 0 Å². The molecule has 0 bridgehead atoms. The van der Waals surface area contributed by atoms with E-state index in [1.807, 2.05) is 22.7 Å². The van der Waals surface area contributed by atoms with Gasteiger partial charge in [-0.2, -0.15) is 0 Å². The molecular formula is C54H36N2S2. The van der Waals surface area contributed by atoms with Crippen LogP contribution in [0.1, 0.15) is 0 Å². The number of rotatable bonds is 8. The summed E-state index contributed by atoms with van der Waals surface area (Å²) in [6.07, 6.45) is 0. The predicted octanol–water partition coefficient (Wildman–Crippen LogP) is 16.7.